The van der Waals surface area contributed by atoms with E-state index in [1.165, 1.54) is 0 Å². The number of hydrogen-bond acceptors (Lipinski definition) is 1. The number of carbonyl (C=O) groups excluding carboxylic acids is 1. The van der Waals surface area contributed by atoms with Crippen LogP contribution in [0.3, 0.4) is 0 Å². The second kappa shape index (κ2) is 25.1. The molecule has 0 aliphatic rings. The predicted molar refractivity (Wildman–Crippen MR) is 32.9 cm³/mol. The van der Waals surface area contributed by atoms with Crippen LogP contribution in [0.5, 0.6) is 0 Å². The van der Waals surface area contributed by atoms with Gasteiger partial charge in [-0.15, -0.1) is 4.39 Å². The molecule has 0 fully saturated rings. The molecule has 0 aliphatic heterocycles. The Morgan fingerprint density at radius 2 is 1.33 bits per heavy atom. The number of halogens is 4. The molecule has 1 nitrogen and oxygen atoms in total. The van der Waals surface area contributed by atoms with E-state index in [4.69, 9.17) is 4.79 Å². The molecule has 0 spiro atoms. The van der Waals surface area contributed by atoms with Crippen LogP contribution < -0.4 is 0 Å². The van der Waals surface area contributed by atoms with Crippen molar-refractivity contribution in [3.8, 4) is 0 Å². The van der Waals surface area contributed by atoms with Crippen molar-refractivity contribution >= 4 is 17.1 Å². The lowest BCUT2D eigenvalue weighted by Gasteiger charge is -1.46. The Hall–Kier alpha value is -0.250. The summed E-state index contributed by atoms with van der Waals surface area (Å²) in [6.07, 6.45) is 0. The molecule has 0 bridgehead atoms. The zero-order valence-corrected chi connectivity index (χ0v) is 3.88. The van der Waals surface area contributed by atoms with Crippen LogP contribution >= 0.6 is 11.6 Å². The average molecular weight is 167 g/mol. The Morgan fingerprint density at radius 1 is 1.33 bits per heavy atom. The average Bonchev–Trinajstić information content (AvgIpc) is 1.33. The molecule has 60 valence electrons. The molecule has 0 amide bonds. The summed E-state index contributed by atoms with van der Waals surface area (Å²) in [4.78, 5) is 8.54. The summed E-state index contributed by atoms with van der Waals surface area (Å²) in [6, 6.07) is 0. The molecule has 0 aromatic heterocycles. The minimum absolute atomic E-state index is 0. The Labute approximate surface area is 57.8 Å². The first-order valence-corrected chi connectivity index (χ1v) is 1.49. The maximum Gasteiger partial charge on any atom is 0.394 e. The molecule has 0 unspecified atom stereocenters. The first-order valence-electron chi connectivity index (χ1n) is 1.12. The lowest BCUT2D eigenvalue weighted by molar-refractivity contribution is 0.244. The lowest BCUT2D eigenvalue weighted by atomic mass is 11.7. The van der Waals surface area contributed by atoms with E-state index in [9.17, 15) is 13.2 Å². The number of rotatable bonds is 0. The molecule has 0 rings (SSSR count). The van der Waals surface area contributed by atoms with Crippen molar-refractivity contribution in [1.82, 2.24) is 0 Å². The highest BCUT2D eigenvalue weighted by molar-refractivity contribution is 6.60. The summed E-state index contributed by atoms with van der Waals surface area (Å²) in [5.74, 6) is 0. The van der Waals surface area contributed by atoms with Gasteiger partial charge in [0.15, 0.2) is 0 Å². The maximum absolute atomic E-state index is 10.1. The minimum Gasteiger partial charge on any atom is -0.241 e. The predicted octanol–water partition coefficient (Wildman–Crippen LogP) is 3.47. The molecule has 0 aromatic rings. The second-order valence-electron chi connectivity index (χ2n) is 0.327. The van der Waals surface area contributed by atoms with E-state index in [0.29, 0.717) is 0 Å². The van der Waals surface area contributed by atoms with E-state index in [1.54, 1.807) is 0 Å². The van der Waals surface area contributed by atoms with Crippen LogP contribution in [0.4, 0.5) is 18.0 Å². The summed E-state index contributed by atoms with van der Waals surface area (Å²) in [5, 5.41) is 0. The molecule has 0 saturated carbocycles. The van der Waals surface area contributed by atoms with Gasteiger partial charge in [0.2, 0.25) is 6.93 Å². The van der Waals surface area contributed by atoms with Crippen LogP contribution in [0.15, 0.2) is 0 Å². The van der Waals surface area contributed by atoms with Crippen molar-refractivity contribution in [1.29, 1.82) is 0 Å². The van der Waals surface area contributed by atoms with Gasteiger partial charge in [0.1, 0.15) is 0 Å². The van der Waals surface area contributed by atoms with E-state index >= 15 is 0 Å². The Bertz CT molecular complexity index is 47.1. The SMILES string of the molecule is C.C.FCF.O=C(F)Cl. The van der Waals surface area contributed by atoms with Gasteiger partial charge >= 0.3 is 5.50 Å². The molecule has 0 aliphatic carbocycles. The molecule has 0 atom stereocenters. The molecule has 5 heteroatoms. The van der Waals surface area contributed by atoms with E-state index in [-0.39, 0.29) is 14.9 Å². The molecule has 0 N–H and O–H groups in total. The Morgan fingerprint density at radius 3 is 1.33 bits per heavy atom. The van der Waals surface area contributed by atoms with Gasteiger partial charge in [0.25, 0.3) is 0 Å². The summed E-state index contributed by atoms with van der Waals surface area (Å²) < 4.78 is 29.4. The molecular weight excluding hydrogens is 156 g/mol. The highest BCUT2D eigenvalue weighted by Gasteiger charge is 1.75. The standard InChI is InChI=1S/CClFO.CH2F2.2CH4/c2-1(3)4;2-1-3;;/h;1H2;2*1H4. The van der Waals surface area contributed by atoms with Crippen molar-refractivity contribution in [2.24, 2.45) is 0 Å². The second-order valence-corrected chi connectivity index (χ2v) is 0.624. The molecule has 0 aromatic carbocycles. The highest BCUT2D eigenvalue weighted by atomic mass is 35.5. The molecule has 9 heavy (non-hydrogen) atoms. The summed E-state index contributed by atoms with van der Waals surface area (Å²) in [5.41, 5.74) is -1.86. The van der Waals surface area contributed by atoms with Gasteiger partial charge in [-0.05, 0) is 11.6 Å². The first-order chi connectivity index (χ1) is 3.15. The first kappa shape index (κ1) is 23.3. The molecule has 0 saturated heterocycles. The van der Waals surface area contributed by atoms with E-state index in [0.717, 1.165) is 0 Å². The minimum atomic E-state index is -1.86. The van der Waals surface area contributed by atoms with Gasteiger partial charge in [-0.3, -0.25) is 0 Å². The molecule has 0 radical (unpaired) electrons. The van der Waals surface area contributed by atoms with Crippen molar-refractivity contribution in [3.63, 3.8) is 0 Å². The number of hydrogen-bond donors (Lipinski definition) is 0. The highest BCUT2D eigenvalue weighted by Crippen LogP contribution is 1.77. The fraction of sp³-hybridized carbons (Fsp3) is 0.750. The normalized spacial score (nSPS) is 4.89. The van der Waals surface area contributed by atoms with Crippen LogP contribution in [-0.4, -0.2) is 12.4 Å². The number of alkyl halides is 2. The van der Waals surface area contributed by atoms with Crippen molar-refractivity contribution in [2.45, 2.75) is 14.9 Å². The fourth-order valence-corrected chi connectivity index (χ4v) is 0. The van der Waals surface area contributed by atoms with Crippen molar-refractivity contribution in [2.75, 3.05) is 6.93 Å². The molecular formula is C4H10ClF3O. The summed E-state index contributed by atoms with van der Waals surface area (Å²) in [7, 11) is 0. The van der Waals surface area contributed by atoms with Crippen LogP contribution in [0.25, 0.3) is 0 Å². The van der Waals surface area contributed by atoms with Crippen molar-refractivity contribution < 1.29 is 18.0 Å². The Balaban J connectivity index is -0.0000000233. The third-order valence-electron chi connectivity index (χ3n) is 0. The quantitative estimate of drug-likeness (QED) is 0.504. The van der Waals surface area contributed by atoms with Gasteiger partial charge in [0, 0.05) is 0 Å². The van der Waals surface area contributed by atoms with Crippen LogP contribution in [-0.2, 0) is 0 Å². The smallest absolute Gasteiger partial charge is 0.241 e. The van der Waals surface area contributed by atoms with Gasteiger partial charge in [0.05, 0.1) is 0 Å². The van der Waals surface area contributed by atoms with Crippen LogP contribution in [0, 0.1) is 0 Å². The monoisotopic (exact) mass is 166 g/mol. The van der Waals surface area contributed by atoms with Crippen molar-refractivity contribution in [3.05, 3.63) is 0 Å². The molecule has 0 heterocycles. The summed E-state index contributed by atoms with van der Waals surface area (Å²) >= 11 is 3.97. The fourth-order valence-electron chi connectivity index (χ4n) is 0. The zero-order valence-electron chi connectivity index (χ0n) is 3.13. The number of carbonyl (C=O) groups is 1. The topological polar surface area (TPSA) is 17.1 Å². The third-order valence-corrected chi connectivity index (χ3v) is 0. The lowest BCUT2D eigenvalue weighted by Crippen LogP contribution is -1.50. The largest absolute Gasteiger partial charge is 0.394 e. The maximum atomic E-state index is 10.1. The van der Waals surface area contributed by atoms with E-state index < -0.39 is 12.4 Å². The van der Waals surface area contributed by atoms with E-state index in [1.807, 2.05) is 0 Å². The van der Waals surface area contributed by atoms with Crippen LogP contribution in [0.2, 0.25) is 0 Å². The van der Waals surface area contributed by atoms with E-state index in [2.05, 4.69) is 11.6 Å². The van der Waals surface area contributed by atoms with Gasteiger partial charge in [-0.2, -0.15) is 0 Å². The zero-order chi connectivity index (χ0) is 6.28. The van der Waals surface area contributed by atoms with Gasteiger partial charge in [-0.25, -0.2) is 13.6 Å². The Kier molecular flexibility index (Phi) is 65.0. The summed E-state index contributed by atoms with van der Waals surface area (Å²) in [6.45, 7) is -1.75. The third kappa shape index (κ3) is 4100. The van der Waals surface area contributed by atoms with Gasteiger partial charge < -0.3 is 0 Å². The van der Waals surface area contributed by atoms with Gasteiger partial charge in [-0.1, -0.05) is 14.9 Å². The van der Waals surface area contributed by atoms with Crippen LogP contribution in [0.1, 0.15) is 14.9 Å².